The van der Waals surface area contributed by atoms with Crippen molar-refractivity contribution in [3.05, 3.63) is 59.3 Å². The number of nitrogens with two attached hydrogens (primary N) is 2. The molecular weight excluding hydrogens is 333 g/mol. The molecule has 0 fully saturated rings. The number of aryl methyl sites for hydroxylation is 1. The first-order chi connectivity index (χ1) is 11.7. The van der Waals surface area contributed by atoms with Gasteiger partial charge in [0.25, 0.3) is 0 Å². The third-order valence-electron chi connectivity index (χ3n) is 3.62. The van der Waals surface area contributed by atoms with Gasteiger partial charge in [0.15, 0.2) is 5.69 Å². The van der Waals surface area contributed by atoms with Crippen LogP contribution in [0.25, 0.3) is 5.69 Å². The molecule has 1 aromatic carbocycles. The lowest BCUT2D eigenvalue weighted by molar-refractivity contribution is -0.141. The van der Waals surface area contributed by atoms with Gasteiger partial charge in [0.2, 0.25) is 0 Å². The van der Waals surface area contributed by atoms with Gasteiger partial charge < -0.3 is 11.5 Å². The van der Waals surface area contributed by atoms with Crippen LogP contribution in [0.1, 0.15) is 22.8 Å². The van der Waals surface area contributed by atoms with Crippen LogP contribution in [0.15, 0.2) is 36.5 Å². The quantitative estimate of drug-likeness (QED) is 0.759. The molecule has 0 bridgehead atoms. The van der Waals surface area contributed by atoms with Crippen molar-refractivity contribution in [3.8, 4) is 5.69 Å². The molecule has 0 unspecified atom stereocenters. The van der Waals surface area contributed by atoms with Crippen molar-refractivity contribution in [1.29, 1.82) is 0 Å². The molecule has 25 heavy (non-hydrogen) atoms. The minimum atomic E-state index is -4.47. The normalized spacial score (nSPS) is 11.7. The first kappa shape index (κ1) is 16.7. The molecule has 0 spiro atoms. The van der Waals surface area contributed by atoms with Gasteiger partial charge in [0.1, 0.15) is 11.6 Å². The van der Waals surface area contributed by atoms with E-state index in [-0.39, 0.29) is 5.82 Å². The second-order valence-corrected chi connectivity index (χ2v) is 5.55. The van der Waals surface area contributed by atoms with Crippen LogP contribution in [-0.4, -0.2) is 19.7 Å². The van der Waals surface area contributed by atoms with Crippen LogP contribution in [0.5, 0.6) is 0 Å². The SMILES string of the molecule is Cc1cc(C(F)(F)F)nn1-c1ccc(Cc2ncc(N)c(N)n2)cc1. The molecule has 0 saturated heterocycles. The van der Waals surface area contributed by atoms with Crippen LogP contribution in [0.2, 0.25) is 0 Å². The molecule has 3 rings (SSSR count). The van der Waals surface area contributed by atoms with E-state index in [1.54, 1.807) is 31.2 Å². The summed E-state index contributed by atoms with van der Waals surface area (Å²) < 4.78 is 39.5. The van der Waals surface area contributed by atoms with Gasteiger partial charge in [-0.15, -0.1) is 0 Å². The van der Waals surface area contributed by atoms with Gasteiger partial charge in [0, 0.05) is 12.1 Å². The largest absolute Gasteiger partial charge is 0.435 e. The van der Waals surface area contributed by atoms with E-state index in [1.165, 1.54) is 10.9 Å². The Labute approximate surface area is 141 Å². The predicted molar refractivity (Wildman–Crippen MR) is 87.0 cm³/mol. The van der Waals surface area contributed by atoms with Crippen LogP contribution in [0.4, 0.5) is 24.7 Å². The fraction of sp³-hybridized carbons (Fsp3) is 0.188. The maximum Gasteiger partial charge on any atom is 0.435 e. The minimum absolute atomic E-state index is 0.216. The summed E-state index contributed by atoms with van der Waals surface area (Å²) >= 11 is 0. The number of hydrogen-bond donors (Lipinski definition) is 2. The lowest BCUT2D eigenvalue weighted by Gasteiger charge is -2.07. The Balaban J connectivity index is 1.83. The molecule has 2 aromatic heterocycles. The molecule has 0 amide bonds. The van der Waals surface area contributed by atoms with Crippen LogP contribution in [0, 0.1) is 6.92 Å². The lowest BCUT2D eigenvalue weighted by Crippen LogP contribution is -2.07. The molecule has 0 aliphatic heterocycles. The predicted octanol–water partition coefficient (Wildman–Crippen LogP) is 2.74. The Morgan fingerprint density at radius 1 is 1.12 bits per heavy atom. The summed E-state index contributed by atoms with van der Waals surface area (Å²) in [6.45, 7) is 1.57. The summed E-state index contributed by atoms with van der Waals surface area (Å²) in [5.74, 6) is 0.725. The highest BCUT2D eigenvalue weighted by molar-refractivity contribution is 5.56. The van der Waals surface area contributed by atoms with Crippen molar-refractivity contribution in [2.24, 2.45) is 0 Å². The van der Waals surface area contributed by atoms with Crippen LogP contribution >= 0.6 is 0 Å². The van der Waals surface area contributed by atoms with E-state index in [9.17, 15) is 13.2 Å². The molecule has 0 atom stereocenters. The number of rotatable bonds is 3. The van der Waals surface area contributed by atoms with Crippen molar-refractivity contribution in [2.75, 3.05) is 11.5 Å². The fourth-order valence-electron chi connectivity index (χ4n) is 2.34. The molecule has 0 aliphatic carbocycles. The Morgan fingerprint density at radius 3 is 2.36 bits per heavy atom. The first-order valence-electron chi connectivity index (χ1n) is 7.34. The second kappa shape index (κ2) is 6.08. The van der Waals surface area contributed by atoms with Gasteiger partial charge >= 0.3 is 6.18 Å². The molecule has 3 aromatic rings. The zero-order valence-electron chi connectivity index (χ0n) is 13.2. The Hall–Kier alpha value is -3.10. The van der Waals surface area contributed by atoms with E-state index in [4.69, 9.17) is 11.5 Å². The third-order valence-corrected chi connectivity index (χ3v) is 3.62. The summed E-state index contributed by atoms with van der Waals surface area (Å²) in [6, 6.07) is 7.95. The number of aromatic nitrogens is 4. The van der Waals surface area contributed by atoms with E-state index in [0.717, 1.165) is 11.6 Å². The van der Waals surface area contributed by atoms with Gasteiger partial charge in [-0.25, -0.2) is 14.6 Å². The highest BCUT2D eigenvalue weighted by atomic mass is 19.4. The Morgan fingerprint density at radius 2 is 1.80 bits per heavy atom. The summed E-state index contributed by atoms with van der Waals surface area (Å²) in [5.41, 5.74) is 12.4. The summed E-state index contributed by atoms with van der Waals surface area (Å²) in [7, 11) is 0. The number of anilines is 2. The number of alkyl halides is 3. The maximum atomic E-state index is 12.8. The van der Waals surface area contributed by atoms with E-state index < -0.39 is 11.9 Å². The van der Waals surface area contributed by atoms with Crippen molar-refractivity contribution in [2.45, 2.75) is 19.5 Å². The van der Waals surface area contributed by atoms with E-state index >= 15 is 0 Å². The van der Waals surface area contributed by atoms with Crippen LogP contribution in [-0.2, 0) is 12.6 Å². The molecule has 130 valence electrons. The first-order valence-corrected chi connectivity index (χ1v) is 7.34. The van der Waals surface area contributed by atoms with Gasteiger partial charge in [-0.3, -0.25) is 0 Å². The molecule has 2 heterocycles. The van der Waals surface area contributed by atoms with Gasteiger partial charge in [-0.05, 0) is 30.7 Å². The number of halogens is 3. The monoisotopic (exact) mass is 348 g/mol. The zero-order chi connectivity index (χ0) is 18.2. The van der Waals surface area contributed by atoms with Crippen molar-refractivity contribution >= 4 is 11.5 Å². The second-order valence-electron chi connectivity index (χ2n) is 5.55. The van der Waals surface area contributed by atoms with E-state index in [1.807, 2.05) is 0 Å². The molecule has 6 nitrogen and oxygen atoms in total. The molecule has 9 heteroatoms. The highest BCUT2D eigenvalue weighted by Crippen LogP contribution is 2.29. The molecular formula is C16H15F3N6. The number of nitrogens with zero attached hydrogens (tertiary/aromatic N) is 4. The van der Waals surface area contributed by atoms with E-state index in [2.05, 4.69) is 15.1 Å². The Kier molecular flexibility index (Phi) is 4.07. The summed E-state index contributed by atoms with van der Waals surface area (Å²) in [6.07, 6.45) is -2.60. The van der Waals surface area contributed by atoms with Gasteiger partial charge in [0.05, 0.1) is 17.6 Å². The summed E-state index contributed by atoms with van der Waals surface area (Å²) in [5, 5.41) is 3.62. The fourth-order valence-corrected chi connectivity index (χ4v) is 2.34. The molecule has 0 radical (unpaired) electrons. The molecule has 0 saturated carbocycles. The highest BCUT2D eigenvalue weighted by Gasteiger charge is 2.34. The average Bonchev–Trinajstić information content (AvgIpc) is 2.94. The zero-order valence-corrected chi connectivity index (χ0v) is 13.2. The van der Waals surface area contributed by atoms with Crippen LogP contribution < -0.4 is 11.5 Å². The standard InChI is InChI=1S/C16H15F3N6/c1-9-6-13(16(17,18)19)24-25(9)11-4-2-10(3-5-11)7-14-22-8-12(20)15(21)23-14/h2-6,8H,7,20H2,1H3,(H2,21,22,23). The third kappa shape index (κ3) is 3.54. The van der Waals surface area contributed by atoms with Crippen LogP contribution in [0.3, 0.4) is 0 Å². The number of hydrogen-bond acceptors (Lipinski definition) is 5. The minimum Gasteiger partial charge on any atom is -0.394 e. The average molecular weight is 348 g/mol. The maximum absolute atomic E-state index is 12.8. The Bertz CT molecular complexity index is 899. The number of nitrogen functional groups attached to an aromatic ring is 2. The smallest absolute Gasteiger partial charge is 0.394 e. The lowest BCUT2D eigenvalue weighted by atomic mass is 10.1. The van der Waals surface area contributed by atoms with Crippen molar-refractivity contribution < 1.29 is 13.2 Å². The topological polar surface area (TPSA) is 95.6 Å². The van der Waals surface area contributed by atoms with Gasteiger partial charge in [-0.2, -0.15) is 18.3 Å². The molecule has 4 N–H and O–H groups in total. The van der Waals surface area contributed by atoms with Gasteiger partial charge in [-0.1, -0.05) is 12.1 Å². The number of benzene rings is 1. The van der Waals surface area contributed by atoms with E-state index in [0.29, 0.717) is 29.3 Å². The van der Waals surface area contributed by atoms with Crippen molar-refractivity contribution in [3.63, 3.8) is 0 Å². The molecule has 0 aliphatic rings. The summed E-state index contributed by atoms with van der Waals surface area (Å²) in [4.78, 5) is 8.19. The van der Waals surface area contributed by atoms with Crippen molar-refractivity contribution in [1.82, 2.24) is 19.7 Å².